The van der Waals surface area contributed by atoms with Crippen molar-refractivity contribution in [1.82, 2.24) is 10.2 Å². The molecule has 0 unspecified atom stereocenters. The second kappa shape index (κ2) is 6.68. The highest BCUT2D eigenvalue weighted by atomic mass is 79.9. The molecule has 1 aromatic rings. The number of nitrogens with zero attached hydrogens (tertiary/aromatic N) is 1. The fourth-order valence-corrected chi connectivity index (χ4v) is 3.49. The van der Waals surface area contributed by atoms with Gasteiger partial charge in [-0.25, -0.2) is 0 Å². The third kappa shape index (κ3) is 4.07. The van der Waals surface area contributed by atoms with E-state index in [2.05, 4.69) is 32.7 Å². The number of hydrogen-bond donors (Lipinski definition) is 1. The van der Waals surface area contributed by atoms with E-state index in [0.29, 0.717) is 19.1 Å². The third-order valence-corrected chi connectivity index (χ3v) is 4.92. The smallest absolute Gasteiger partial charge is 0.236 e. The van der Waals surface area contributed by atoms with Crippen LogP contribution in [0, 0.1) is 0 Å². The summed E-state index contributed by atoms with van der Waals surface area (Å²) in [7, 11) is 1.87. The summed E-state index contributed by atoms with van der Waals surface area (Å²) in [5.41, 5.74) is 1.18. The lowest BCUT2D eigenvalue weighted by molar-refractivity contribution is -0.129. The van der Waals surface area contributed by atoms with Crippen molar-refractivity contribution >= 4 is 33.2 Å². The first kappa shape index (κ1) is 14.0. The van der Waals surface area contributed by atoms with Crippen LogP contribution in [-0.4, -0.2) is 30.4 Å². The number of amides is 1. The largest absolute Gasteiger partial charge is 0.340 e. The van der Waals surface area contributed by atoms with E-state index < -0.39 is 0 Å². The summed E-state index contributed by atoms with van der Waals surface area (Å²) >= 11 is 5.09. The Labute approximate surface area is 121 Å². The molecule has 1 aliphatic rings. The minimum atomic E-state index is 0.171. The van der Waals surface area contributed by atoms with Gasteiger partial charge in [0.2, 0.25) is 5.91 Å². The van der Waals surface area contributed by atoms with Gasteiger partial charge in [0, 0.05) is 19.6 Å². The summed E-state index contributed by atoms with van der Waals surface area (Å²) in [5.74, 6) is 0.171. The van der Waals surface area contributed by atoms with Gasteiger partial charge in [0.05, 0.1) is 10.3 Å². The SMILES string of the molecule is CN(Cc1csc(Br)c1)C(=O)CNC1CCCC1. The Kier molecular flexibility index (Phi) is 5.21. The van der Waals surface area contributed by atoms with Crippen molar-refractivity contribution in [3.8, 4) is 0 Å². The van der Waals surface area contributed by atoms with E-state index >= 15 is 0 Å². The van der Waals surface area contributed by atoms with Gasteiger partial charge in [-0.15, -0.1) is 11.3 Å². The molecule has 0 aliphatic heterocycles. The van der Waals surface area contributed by atoms with Crippen LogP contribution >= 0.6 is 27.3 Å². The van der Waals surface area contributed by atoms with E-state index in [1.54, 1.807) is 16.2 Å². The van der Waals surface area contributed by atoms with Crippen LogP contribution in [0.4, 0.5) is 0 Å². The van der Waals surface area contributed by atoms with E-state index in [4.69, 9.17) is 0 Å². The maximum atomic E-state index is 12.0. The highest BCUT2D eigenvalue weighted by Crippen LogP contribution is 2.21. The quantitative estimate of drug-likeness (QED) is 0.900. The average molecular weight is 331 g/mol. The van der Waals surface area contributed by atoms with Gasteiger partial charge in [0.25, 0.3) is 0 Å². The minimum Gasteiger partial charge on any atom is -0.340 e. The molecule has 1 fully saturated rings. The first-order valence-corrected chi connectivity index (χ1v) is 8.02. The summed E-state index contributed by atoms with van der Waals surface area (Å²) < 4.78 is 1.11. The van der Waals surface area contributed by atoms with Crippen LogP contribution in [0.15, 0.2) is 15.2 Å². The molecule has 1 heterocycles. The number of rotatable bonds is 5. The van der Waals surface area contributed by atoms with Crippen molar-refractivity contribution in [1.29, 1.82) is 0 Å². The number of carbonyl (C=O) groups is 1. The van der Waals surface area contributed by atoms with Crippen LogP contribution in [-0.2, 0) is 11.3 Å². The zero-order valence-electron chi connectivity index (χ0n) is 10.6. The van der Waals surface area contributed by atoms with Gasteiger partial charge in [0.1, 0.15) is 0 Å². The van der Waals surface area contributed by atoms with Crippen LogP contribution in [0.2, 0.25) is 0 Å². The molecule has 0 radical (unpaired) electrons. The van der Waals surface area contributed by atoms with Crippen LogP contribution in [0.5, 0.6) is 0 Å². The predicted octanol–water partition coefficient (Wildman–Crippen LogP) is 3.00. The zero-order chi connectivity index (χ0) is 13.0. The molecule has 1 aliphatic carbocycles. The summed E-state index contributed by atoms with van der Waals surface area (Å²) in [6, 6.07) is 2.62. The van der Waals surface area contributed by atoms with Gasteiger partial charge in [-0.1, -0.05) is 12.8 Å². The Morgan fingerprint density at radius 1 is 1.56 bits per heavy atom. The van der Waals surface area contributed by atoms with E-state index in [-0.39, 0.29) is 5.91 Å². The van der Waals surface area contributed by atoms with Gasteiger partial charge in [0.15, 0.2) is 0 Å². The summed E-state index contributed by atoms with van der Waals surface area (Å²) in [6.45, 7) is 1.15. The fraction of sp³-hybridized carbons (Fsp3) is 0.615. The Bertz CT molecular complexity index is 401. The molecule has 3 nitrogen and oxygen atoms in total. The normalized spacial score (nSPS) is 16.1. The Morgan fingerprint density at radius 2 is 2.28 bits per heavy atom. The Hall–Kier alpha value is -0.390. The molecule has 1 amide bonds. The fourth-order valence-electron chi connectivity index (χ4n) is 2.29. The van der Waals surface area contributed by atoms with Crippen molar-refractivity contribution in [2.45, 2.75) is 38.3 Å². The Balaban J connectivity index is 1.74. The molecule has 0 bridgehead atoms. The molecule has 0 aromatic carbocycles. The van der Waals surface area contributed by atoms with Crippen molar-refractivity contribution in [3.05, 3.63) is 20.8 Å². The molecule has 1 aromatic heterocycles. The van der Waals surface area contributed by atoms with E-state index in [0.717, 1.165) is 3.79 Å². The van der Waals surface area contributed by atoms with Crippen LogP contribution in [0.3, 0.4) is 0 Å². The number of halogens is 1. The molecule has 100 valence electrons. The van der Waals surface area contributed by atoms with E-state index in [9.17, 15) is 4.79 Å². The predicted molar refractivity (Wildman–Crippen MR) is 78.8 cm³/mol. The first-order valence-electron chi connectivity index (χ1n) is 6.35. The molecule has 0 saturated heterocycles. The number of likely N-dealkylation sites (N-methyl/N-ethyl adjacent to an activating group) is 1. The summed E-state index contributed by atoms with van der Waals surface area (Å²) in [6.07, 6.45) is 5.03. The van der Waals surface area contributed by atoms with Crippen molar-refractivity contribution in [3.63, 3.8) is 0 Å². The first-order chi connectivity index (χ1) is 8.65. The molecular weight excluding hydrogens is 312 g/mol. The molecule has 1 N–H and O–H groups in total. The second-order valence-corrected chi connectivity index (χ2v) is 7.16. The van der Waals surface area contributed by atoms with Gasteiger partial charge in [-0.2, -0.15) is 0 Å². The topological polar surface area (TPSA) is 32.3 Å². The van der Waals surface area contributed by atoms with Crippen LogP contribution in [0.1, 0.15) is 31.2 Å². The molecule has 1 saturated carbocycles. The molecular formula is C13H19BrN2OS. The minimum absolute atomic E-state index is 0.171. The maximum absolute atomic E-state index is 12.0. The highest BCUT2D eigenvalue weighted by molar-refractivity contribution is 9.11. The van der Waals surface area contributed by atoms with Crippen LogP contribution < -0.4 is 5.32 Å². The van der Waals surface area contributed by atoms with Gasteiger partial charge >= 0.3 is 0 Å². The monoisotopic (exact) mass is 330 g/mol. The molecule has 0 atom stereocenters. The lowest BCUT2D eigenvalue weighted by atomic mass is 10.2. The van der Waals surface area contributed by atoms with Gasteiger partial charge in [-0.3, -0.25) is 4.79 Å². The van der Waals surface area contributed by atoms with Crippen LogP contribution in [0.25, 0.3) is 0 Å². The Morgan fingerprint density at radius 3 is 2.89 bits per heavy atom. The van der Waals surface area contributed by atoms with Crippen molar-refractivity contribution in [2.24, 2.45) is 0 Å². The number of thiophene rings is 1. The average Bonchev–Trinajstić information content (AvgIpc) is 2.97. The third-order valence-electron chi connectivity index (χ3n) is 3.36. The molecule has 18 heavy (non-hydrogen) atoms. The lowest BCUT2D eigenvalue weighted by Gasteiger charge is -2.18. The standard InChI is InChI=1S/C13H19BrN2OS/c1-16(8-10-6-12(14)18-9-10)13(17)7-15-11-4-2-3-5-11/h6,9,11,15H,2-5,7-8H2,1H3. The van der Waals surface area contributed by atoms with Gasteiger partial charge < -0.3 is 10.2 Å². The second-order valence-electron chi connectivity index (χ2n) is 4.87. The zero-order valence-corrected chi connectivity index (χ0v) is 13.0. The maximum Gasteiger partial charge on any atom is 0.236 e. The highest BCUT2D eigenvalue weighted by Gasteiger charge is 2.16. The molecule has 2 rings (SSSR count). The van der Waals surface area contributed by atoms with Crippen molar-refractivity contribution in [2.75, 3.05) is 13.6 Å². The van der Waals surface area contributed by atoms with E-state index in [1.807, 2.05) is 7.05 Å². The molecule has 0 spiro atoms. The summed E-state index contributed by atoms with van der Waals surface area (Å²) in [5, 5.41) is 5.44. The number of carbonyl (C=O) groups excluding carboxylic acids is 1. The van der Waals surface area contributed by atoms with Gasteiger partial charge in [-0.05, 0) is 45.8 Å². The number of hydrogen-bond acceptors (Lipinski definition) is 3. The van der Waals surface area contributed by atoms with Crippen molar-refractivity contribution < 1.29 is 4.79 Å². The summed E-state index contributed by atoms with van der Waals surface area (Å²) in [4.78, 5) is 13.8. The lowest BCUT2D eigenvalue weighted by Crippen LogP contribution is -2.38. The number of nitrogens with one attached hydrogen (secondary N) is 1. The van der Waals surface area contributed by atoms with E-state index in [1.165, 1.54) is 31.2 Å². The molecule has 5 heteroatoms.